The van der Waals surface area contributed by atoms with Crippen LogP contribution in [0.15, 0.2) is 66.2 Å². The number of rotatable bonds is 13. The van der Waals surface area contributed by atoms with Crippen LogP contribution in [0.1, 0.15) is 5.56 Å². The van der Waals surface area contributed by atoms with Crippen LogP contribution in [0.5, 0.6) is 11.5 Å². The Hall–Kier alpha value is -3.55. The molecule has 0 aliphatic heterocycles. The highest BCUT2D eigenvalue weighted by Crippen LogP contribution is 2.36. The van der Waals surface area contributed by atoms with Crippen LogP contribution < -0.4 is 10.1 Å². The molecule has 1 atom stereocenters. The lowest BCUT2D eigenvalue weighted by Gasteiger charge is -2.13. The van der Waals surface area contributed by atoms with Gasteiger partial charge in [-0.2, -0.15) is 18.1 Å². The summed E-state index contributed by atoms with van der Waals surface area (Å²) in [6.45, 7) is 1.15. The van der Waals surface area contributed by atoms with Gasteiger partial charge in [0, 0.05) is 40.7 Å². The summed E-state index contributed by atoms with van der Waals surface area (Å²) >= 11 is 6.37. The number of nitroso groups, excluding NO2 is 1. The van der Waals surface area contributed by atoms with Crippen molar-refractivity contribution in [2.45, 2.75) is 12.7 Å². The number of halogens is 4. The lowest BCUT2D eigenvalue weighted by atomic mass is 10.2. The zero-order chi connectivity index (χ0) is 27.8. The van der Waals surface area contributed by atoms with Gasteiger partial charge < -0.3 is 19.4 Å². The Labute approximate surface area is 228 Å². The molecule has 0 aliphatic carbocycles. The monoisotopic (exact) mass is 581 g/mol. The van der Waals surface area contributed by atoms with E-state index in [1.807, 2.05) is 16.8 Å². The molecule has 206 valence electrons. The summed E-state index contributed by atoms with van der Waals surface area (Å²) in [5.41, 5.74) is 1.18. The van der Waals surface area contributed by atoms with Crippen molar-refractivity contribution in [3.63, 3.8) is 0 Å². The van der Waals surface area contributed by atoms with E-state index >= 15 is 0 Å². The highest BCUT2D eigenvalue weighted by Gasteiger charge is 2.30. The summed E-state index contributed by atoms with van der Waals surface area (Å²) in [5.74, 6) is 1.26. The fraction of sp³-hybridized carbons (Fsp3) is 0.280. The van der Waals surface area contributed by atoms with E-state index in [1.54, 1.807) is 18.2 Å². The van der Waals surface area contributed by atoms with Crippen LogP contribution in [0.2, 0.25) is 5.02 Å². The van der Waals surface area contributed by atoms with E-state index in [4.69, 9.17) is 21.1 Å². The normalized spacial score (nSPS) is 12.4. The number of anilines is 2. The first-order valence-corrected chi connectivity index (χ1v) is 13.5. The largest absolute Gasteiger partial charge is 0.456 e. The van der Waals surface area contributed by atoms with Gasteiger partial charge in [-0.05, 0) is 42.5 Å². The minimum Gasteiger partial charge on any atom is -0.456 e. The molecule has 2 aromatic heterocycles. The van der Waals surface area contributed by atoms with Gasteiger partial charge in [0.25, 0.3) is 0 Å². The average Bonchev–Trinajstić information content (AvgIpc) is 3.32. The number of benzene rings is 2. The highest BCUT2D eigenvalue weighted by molar-refractivity contribution is 7.85. The first-order valence-electron chi connectivity index (χ1n) is 11.7. The lowest BCUT2D eigenvalue weighted by molar-refractivity contribution is -0.137. The Morgan fingerprint density at radius 2 is 1.92 bits per heavy atom. The van der Waals surface area contributed by atoms with E-state index in [-0.39, 0.29) is 28.8 Å². The molecule has 1 unspecified atom stereocenters. The minimum absolute atomic E-state index is 0.00852. The SMILES string of the molecule is O=NCCS(=O)CCOCCn1ccc2ncnc(Nc3ccc(Oc4cccc(C(F)(F)F)c4)c(Cl)c3)c21. The molecule has 0 fully saturated rings. The molecule has 2 aromatic carbocycles. The third kappa shape index (κ3) is 7.74. The van der Waals surface area contributed by atoms with Gasteiger partial charge in [-0.3, -0.25) is 4.21 Å². The number of hydrogen-bond acceptors (Lipinski definition) is 8. The van der Waals surface area contributed by atoms with Crippen LogP contribution >= 0.6 is 11.6 Å². The van der Waals surface area contributed by atoms with Gasteiger partial charge in [-0.15, -0.1) is 0 Å². The smallest absolute Gasteiger partial charge is 0.416 e. The molecule has 4 rings (SSSR count). The molecule has 0 amide bonds. The van der Waals surface area contributed by atoms with Gasteiger partial charge in [0.15, 0.2) is 5.82 Å². The van der Waals surface area contributed by atoms with E-state index in [0.717, 1.165) is 17.6 Å². The molecule has 0 aliphatic rings. The first-order chi connectivity index (χ1) is 18.7. The summed E-state index contributed by atoms with van der Waals surface area (Å²) < 4.78 is 63.8. The molecule has 0 spiro atoms. The number of aromatic nitrogens is 3. The summed E-state index contributed by atoms with van der Waals surface area (Å²) in [5, 5.41) is 6.09. The maximum atomic E-state index is 13.0. The molecule has 0 saturated carbocycles. The number of alkyl halides is 3. The standard InChI is InChI=1S/C25H23ClF3N5O4S/c26-20-15-18(4-5-22(20)38-19-3-1-2-17(14-19)25(27,28)29)33-24-23-21(30-16-31-24)6-8-34(23)9-10-37-11-13-39(36)12-7-32-35/h1-6,8,14-16H,7,9-13H2,(H,30,31,33). The van der Waals surface area contributed by atoms with Crippen molar-refractivity contribution in [3.05, 3.63) is 76.5 Å². The van der Waals surface area contributed by atoms with E-state index in [1.165, 1.54) is 18.5 Å². The average molecular weight is 582 g/mol. The second-order valence-corrected chi connectivity index (χ2v) is 10.3. The maximum absolute atomic E-state index is 13.0. The summed E-state index contributed by atoms with van der Waals surface area (Å²) in [6, 6.07) is 11.2. The van der Waals surface area contributed by atoms with Crippen molar-refractivity contribution in [1.29, 1.82) is 0 Å². The molecule has 39 heavy (non-hydrogen) atoms. The number of hydrogen-bond donors (Lipinski definition) is 1. The van der Waals surface area contributed by atoms with E-state index in [9.17, 15) is 22.3 Å². The van der Waals surface area contributed by atoms with Crippen molar-refractivity contribution in [2.75, 3.05) is 36.6 Å². The van der Waals surface area contributed by atoms with Crippen LogP contribution in [-0.2, 0) is 28.3 Å². The van der Waals surface area contributed by atoms with Crippen LogP contribution in [0.4, 0.5) is 24.7 Å². The van der Waals surface area contributed by atoms with E-state index in [2.05, 4.69) is 20.5 Å². The van der Waals surface area contributed by atoms with Crippen molar-refractivity contribution >= 4 is 44.9 Å². The highest BCUT2D eigenvalue weighted by atomic mass is 35.5. The number of nitrogens with zero attached hydrogens (tertiary/aromatic N) is 4. The van der Waals surface area contributed by atoms with Gasteiger partial charge in [-0.1, -0.05) is 22.8 Å². The second-order valence-electron chi connectivity index (χ2n) is 8.18. The molecular formula is C25H23ClF3N5O4S. The summed E-state index contributed by atoms with van der Waals surface area (Å²) in [7, 11) is -1.15. The zero-order valence-corrected chi connectivity index (χ0v) is 21.9. The van der Waals surface area contributed by atoms with Crippen LogP contribution in [0.25, 0.3) is 11.0 Å². The number of nitrogens with one attached hydrogen (secondary N) is 1. The molecule has 0 bridgehead atoms. The van der Waals surface area contributed by atoms with Gasteiger partial charge in [0.2, 0.25) is 0 Å². The number of ether oxygens (including phenoxy) is 2. The quantitative estimate of drug-likeness (QED) is 0.149. The van der Waals surface area contributed by atoms with Gasteiger partial charge in [0.05, 0.1) is 35.9 Å². The van der Waals surface area contributed by atoms with Crippen molar-refractivity contribution in [1.82, 2.24) is 14.5 Å². The fourth-order valence-electron chi connectivity index (χ4n) is 3.63. The van der Waals surface area contributed by atoms with Gasteiger partial charge in [-0.25, -0.2) is 9.97 Å². The maximum Gasteiger partial charge on any atom is 0.416 e. The fourth-order valence-corrected chi connectivity index (χ4v) is 4.63. The summed E-state index contributed by atoms with van der Waals surface area (Å²) in [6.07, 6.45) is -1.22. The first kappa shape index (κ1) is 28.5. The molecule has 9 nitrogen and oxygen atoms in total. The molecule has 14 heteroatoms. The van der Waals surface area contributed by atoms with Crippen molar-refractivity contribution in [2.24, 2.45) is 5.18 Å². The van der Waals surface area contributed by atoms with Crippen LogP contribution in [-0.4, -0.2) is 50.0 Å². The van der Waals surface area contributed by atoms with E-state index in [0.29, 0.717) is 42.5 Å². The predicted octanol–water partition coefficient (Wildman–Crippen LogP) is 6.17. The summed E-state index contributed by atoms with van der Waals surface area (Å²) in [4.78, 5) is 18.8. The zero-order valence-electron chi connectivity index (χ0n) is 20.4. The Morgan fingerprint density at radius 3 is 2.69 bits per heavy atom. The topological polar surface area (TPSA) is 108 Å². The van der Waals surface area contributed by atoms with Gasteiger partial charge in [0.1, 0.15) is 23.3 Å². The Kier molecular flexibility index (Phi) is 9.49. The second kappa shape index (κ2) is 13.0. The molecule has 0 saturated heterocycles. The minimum atomic E-state index is -4.49. The molecule has 0 radical (unpaired) electrons. The van der Waals surface area contributed by atoms with Crippen molar-refractivity contribution < 1.29 is 26.9 Å². The Balaban J connectivity index is 1.41. The molecular weight excluding hydrogens is 559 g/mol. The van der Waals surface area contributed by atoms with E-state index < -0.39 is 22.5 Å². The Bertz CT molecular complexity index is 1470. The molecule has 4 aromatic rings. The van der Waals surface area contributed by atoms with Gasteiger partial charge >= 0.3 is 6.18 Å². The molecule has 2 heterocycles. The lowest BCUT2D eigenvalue weighted by Crippen LogP contribution is -2.13. The predicted molar refractivity (Wildman–Crippen MR) is 143 cm³/mol. The van der Waals surface area contributed by atoms with Crippen molar-refractivity contribution in [3.8, 4) is 11.5 Å². The third-order valence-electron chi connectivity index (χ3n) is 5.48. The molecule has 1 N–H and O–H groups in total. The Morgan fingerprint density at radius 1 is 1.08 bits per heavy atom. The van der Waals surface area contributed by atoms with Crippen LogP contribution in [0, 0.1) is 4.91 Å². The third-order valence-corrected chi connectivity index (χ3v) is 7.03. The number of fused-ring (bicyclic) bond motifs is 1. The van der Waals surface area contributed by atoms with Crippen LogP contribution in [0.3, 0.4) is 0 Å².